The van der Waals surface area contributed by atoms with Crippen molar-refractivity contribution >= 4 is 5.78 Å². The third-order valence-electron chi connectivity index (χ3n) is 3.29. The van der Waals surface area contributed by atoms with Gasteiger partial charge in [0.25, 0.3) is 0 Å². The number of carbonyl (C=O) groups is 1. The van der Waals surface area contributed by atoms with Gasteiger partial charge in [-0.2, -0.15) is 0 Å². The molecule has 20 heavy (non-hydrogen) atoms. The van der Waals surface area contributed by atoms with Gasteiger partial charge < -0.3 is 9.47 Å². The number of Topliss-reactive ketones (excluding diaryl/α,β-unsaturated/α-hetero) is 1. The summed E-state index contributed by atoms with van der Waals surface area (Å²) in [6.45, 7) is 3.06. The minimum Gasteiger partial charge on any atom is -0.497 e. The highest BCUT2D eigenvalue weighted by Crippen LogP contribution is 2.12. The normalized spacial score (nSPS) is 10.5. The van der Waals surface area contributed by atoms with Gasteiger partial charge >= 0.3 is 0 Å². The predicted octanol–water partition coefficient (Wildman–Crippen LogP) is 4.26. The molecule has 3 nitrogen and oxygen atoms in total. The average molecular weight is 278 g/mol. The maximum atomic E-state index is 11.9. The van der Waals surface area contributed by atoms with Crippen molar-refractivity contribution in [1.82, 2.24) is 0 Å². The molecule has 1 rings (SSSR count). The second-order valence-corrected chi connectivity index (χ2v) is 4.97. The van der Waals surface area contributed by atoms with Crippen LogP contribution in [0.25, 0.3) is 0 Å². The van der Waals surface area contributed by atoms with Crippen LogP contribution < -0.4 is 4.74 Å². The minimum absolute atomic E-state index is 0.0265. The van der Waals surface area contributed by atoms with Crippen LogP contribution in [0.1, 0.15) is 55.8 Å². The first-order valence-electron chi connectivity index (χ1n) is 7.53. The number of ether oxygens (including phenoxy) is 2. The summed E-state index contributed by atoms with van der Waals surface area (Å²) < 4.78 is 10.5. The zero-order valence-corrected chi connectivity index (χ0v) is 12.7. The highest BCUT2D eigenvalue weighted by molar-refractivity contribution is 5.97. The van der Waals surface area contributed by atoms with Crippen LogP contribution in [0.2, 0.25) is 0 Å². The molecule has 0 saturated heterocycles. The van der Waals surface area contributed by atoms with Gasteiger partial charge in [-0.3, -0.25) is 4.79 Å². The Labute approximate surface area is 122 Å². The molecule has 0 amide bonds. The zero-order chi connectivity index (χ0) is 14.6. The Kier molecular flexibility index (Phi) is 8.72. The van der Waals surface area contributed by atoms with Crippen molar-refractivity contribution in [1.29, 1.82) is 0 Å². The Hall–Kier alpha value is -1.35. The third kappa shape index (κ3) is 6.71. The summed E-state index contributed by atoms with van der Waals surface area (Å²) in [6.07, 6.45) is 7.39. The average Bonchev–Trinajstić information content (AvgIpc) is 2.50. The van der Waals surface area contributed by atoms with Crippen molar-refractivity contribution in [3.8, 4) is 5.75 Å². The SMILES string of the molecule is CCCCCCCCOCC(=O)c1ccc(OC)cc1. The molecule has 0 fully saturated rings. The van der Waals surface area contributed by atoms with Crippen LogP contribution in [0.3, 0.4) is 0 Å². The van der Waals surface area contributed by atoms with E-state index in [1.807, 2.05) is 0 Å². The molecule has 0 aliphatic carbocycles. The Balaban J connectivity index is 2.10. The van der Waals surface area contributed by atoms with Gasteiger partial charge in [-0.15, -0.1) is 0 Å². The monoisotopic (exact) mass is 278 g/mol. The Bertz CT molecular complexity index is 370. The van der Waals surface area contributed by atoms with Crippen LogP contribution in [-0.2, 0) is 4.74 Å². The number of carbonyl (C=O) groups excluding carboxylic acids is 1. The summed E-state index contributed by atoms with van der Waals surface area (Å²) in [5, 5.41) is 0. The number of hydrogen-bond donors (Lipinski definition) is 0. The Morgan fingerprint density at radius 3 is 2.30 bits per heavy atom. The lowest BCUT2D eigenvalue weighted by Gasteiger charge is -2.05. The van der Waals surface area contributed by atoms with Crippen LogP contribution in [0.15, 0.2) is 24.3 Å². The van der Waals surface area contributed by atoms with E-state index in [4.69, 9.17) is 9.47 Å². The fourth-order valence-corrected chi connectivity index (χ4v) is 2.01. The summed E-state index contributed by atoms with van der Waals surface area (Å²) in [4.78, 5) is 11.9. The predicted molar refractivity (Wildman–Crippen MR) is 81.5 cm³/mol. The molecule has 0 unspecified atom stereocenters. The second-order valence-electron chi connectivity index (χ2n) is 4.97. The molecule has 0 atom stereocenters. The first kappa shape index (κ1) is 16.7. The molecule has 0 aromatic heterocycles. The molecule has 0 bridgehead atoms. The van der Waals surface area contributed by atoms with E-state index >= 15 is 0 Å². The number of ketones is 1. The van der Waals surface area contributed by atoms with Crippen molar-refractivity contribution < 1.29 is 14.3 Å². The second kappa shape index (κ2) is 10.4. The Morgan fingerprint density at radius 2 is 1.65 bits per heavy atom. The fraction of sp³-hybridized carbons (Fsp3) is 0.588. The standard InChI is InChI=1S/C17H26O3/c1-3-4-5-6-7-8-13-20-14-17(18)15-9-11-16(19-2)12-10-15/h9-12H,3-8,13-14H2,1-2H3. The van der Waals surface area contributed by atoms with Gasteiger partial charge in [0.05, 0.1) is 7.11 Å². The molecular formula is C17H26O3. The lowest BCUT2D eigenvalue weighted by atomic mass is 10.1. The molecule has 0 N–H and O–H groups in total. The molecule has 0 aliphatic heterocycles. The van der Waals surface area contributed by atoms with Gasteiger partial charge in [0.15, 0.2) is 5.78 Å². The highest BCUT2D eigenvalue weighted by atomic mass is 16.5. The van der Waals surface area contributed by atoms with E-state index in [1.54, 1.807) is 31.4 Å². The lowest BCUT2D eigenvalue weighted by Crippen LogP contribution is -2.09. The first-order chi connectivity index (χ1) is 9.77. The quantitative estimate of drug-likeness (QED) is 0.448. The van der Waals surface area contributed by atoms with Gasteiger partial charge in [-0.1, -0.05) is 39.0 Å². The molecule has 3 heteroatoms. The highest BCUT2D eigenvalue weighted by Gasteiger charge is 2.05. The van der Waals surface area contributed by atoms with E-state index in [2.05, 4.69) is 6.92 Å². The van der Waals surface area contributed by atoms with Crippen LogP contribution in [-0.4, -0.2) is 26.1 Å². The van der Waals surface area contributed by atoms with Crippen LogP contribution in [0, 0.1) is 0 Å². The van der Waals surface area contributed by atoms with E-state index in [-0.39, 0.29) is 12.4 Å². The summed E-state index contributed by atoms with van der Waals surface area (Å²) in [6, 6.07) is 7.13. The maximum Gasteiger partial charge on any atom is 0.188 e. The molecule has 1 aromatic rings. The molecule has 0 spiro atoms. The largest absolute Gasteiger partial charge is 0.497 e. The molecule has 0 radical (unpaired) electrons. The number of unbranched alkanes of at least 4 members (excludes halogenated alkanes) is 5. The maximum absolute atomic E-state index is 11.9. The van der Waals surface area contributed by atoms with Crippen LogP contribution in [0.4, 0.5) is 0 Å². The van der Waals surface area contributed by atoms with E-state index < -0.39 is 0 Å². The van der Waals surface area contributed by atoms with E-state index in [1.165, 1.54) is 32.1 Å². The Morgan fingerprint density at radius 1 is 1.00 bits per heavy atom. The van der Waals surface area contributed by atoms with Gasteiger partial charge in [-0.25, -0.2) is 0 Å². The van der Waals surface area contributed by atoms with Crippen molar-refractivity contribution in [2.24, 2.45) is 0 Å². The number of rotatable bonds is 11. The fourth-order valence-electron chi connectivity index (χ4n) is 2.01. The topological polar surface area (TPSA) is 35.5 Å². The van der Waals surface area contributed by atoms with Gasteiger partial charge in [0.1, 0.15) is 12.4 Å². The van der Waals surface area contributed by atoms with Crippen molar-refractivity contribution in [2.75, 3.05) is 20.3 Å². The minimum atomic E-state index is 0.0265. The zero-order valence-electron chi connectivity index (χ0n) is 12.7. The van der Waals surface area contributed by atoms with Gasteiger partial charge in [-0.05, 0) is 30.7 Å². The summed E-state index contributed by atoms with van der Waals surface area (Å²) in [7, 11) is 1.61. The van der Waals surface area contributed by atoms with Crippen molar-refractivity contribution in [3.05, 3.63) is 29.8 Å². The number of benzene rings is 1. The van der Waals surface area contributed by atoms with Gasteiger partial charge in [0, 0.05) is 12.2 Å². The molecule has 112 valence electrons. The number of hydrogen-bond acceptors (Lipinski definition) is 3. The lowest BCUT2D eigenvalue weighted by molar-refractivity contribution is 0.0752. The summed E-state index contributed by atoms with van der Waals surface area (Å²) >= 11 is 0. The first-order valence-corrected chi connectivity index (χ1v) is 7.53. The van der Waals surface area contributed by atoms with E-state index in [0.717, 1.165) is 12.2 Å². The van der Waals surface area contributed by atoms with E-state index in [9.17, 15) is 4.79 Å². The molecule has 0 aliphatic rings. The number of methoxy groups -OCH3 is 1. The van der Waals surface area contributed by atoms with Crippen molar-refractivity contribution in [2.45, 2.75) is 45.4 Å². The van der Waals surface area contributed by atoms with E-state index in [0.29, 0.717) is 12.2 Å². The molecular weight excluding hydrogens is 252 g/mol. The van der Waals surface area contributed by atoms with Gasteiger partial charge in [0.2, 0.25) is 0 Å². The molecule has 0 saturated carbocycles. The summed E-state index contributed by atoms with van der Waals surface area (Å²) in [5.74, 6) is 0.785. The molecule has 1 aromatic carbocycles. The summed E-state index contributed by atoms with van der Waals surface area (Å²) in [5.41, 5.74) is 0.675. The van der Waals surface area contributed by atoms with Crippen LogP contribution >= 0.6 is 0 Å². The van der Waals surface area contributed by atoms with Crippen LogP contribution in [0.5, 0.6) is 5.75 Å². The van der Waals surface area contributed by atoms with Crippen molar-refractivity contribution in [3.63, 3.8) is 0 Å². The molecule has 0 heterocycles. The third-order valence-corrected chi connectivity index (χ3v) is 3.29. The smallest absolute Gasteiger partial charge is 0.188 e.